The molecule has 24 heavy (non-hydrogen) atoms. The van der Waals surface area contributed by atoms with Crippen molar-refractivity contribution in [3.8, 4) is 5.95 Å². The molecule has 0 aliphatic carbocycles. The third-order valence-electron chi connectivity index (χ3n) is 4.47. The van der Waals surface area contributed by atoms with Crippen LogP contribution in [-0.2, 0) is 17.6 Å². The highest BCUT2D eigenvalue weighted by Crippen LogP contribution is 2.21. The molecule has 0 radical (unpaired) electrons. The van der Waals surface area contributed by atoms with Gasteiger partial charge in [0, 0.05) is 18.4 Å². The fraction of sp³-hybridized carbons (Fsp3) is 0.700. The van der Waals surface area contributed by atoms with Gasteiger partial charge in [-0.05, 0) is 33.1 Å². The molecule has 0 saturated heterocycles. The lowest BCUT2D eigenvalue weighted by Gasteiger charge is -2.10. The number of carbonyl (C=O) groups is 1. The summed E-state index contributed by atoms with van der Waals surface area (Å²) < 4.78 is 11.0. The number of aryl methyl sites for hydroxylation is 1. The lowest BCUT2D eigenvalue weighted by atomic mass is 10.0. The van der Waals surface area contributed by atoms with Crippen LogP contribution >= 0.6 is 0 Å². The molecule has 4 nitrogen and oxygen atoms in total. The predicted molar refractivity (Wildman–Crippen MR) is 97.0 cm³/mol. The van der Waals surface area contributed by atoms with Crippen LogP contribution in [0.3, 0.4) is 0 Å². The van der Waals surface area contributed by atoms with Crippen molar-refractivity contribution in [2.24, 2.45) is 0 Å². The Bertz CT molecular complexity index is 572. The topological polar surface area (TPSA) is 56.5 Å². The maximum absolute atomic E-state index is 12.3. The number of unbranched alkanes of at least 4 members (excludes halogenated alkanes) is 6. The van der Waals surface area contributed by atoms with Gasteiger partial charge >= 0.3 is 0 Å². The molecule has 0 atom stereocenters. The Morgan fingerprint density at radius 2 is 1.62 bits per heavy atom. The lowest BCUT2D eigenvalue weighted by Crippen LogP contribution is -2.15. The second kappa shape index (κ2) is 11.1. The largest absolute Gasteiger partial charge is 0.468 e. The van der Waals surface area contributed by atoms with Gasteiger partial charge in [0.05, 0.1) is 12.7 Å². The minimum atomic E-state index is 0.0565. The first-order valence-electron chi connectivity index (χ1n) is 9.20. The molecular formula is C20H32O4. The maximum atomic E-state index is 12.3. The smallest absolute Gasteiger partial charge is 0.291 e. The van der Waals surface area contributed by atoms with Crippen molar-refractivity contribution in [1.29, 1.82) is 0 Å². The van der Waals surface area contributed by atoms with Crippen molar-refractivity contribution in [3.05, 3.63) is 27.1 Å². The van der Waals surface area contributed by atoms with Gasteiger partial charge in [-0.1, -0.05) is 39.0 Å². The molecule has 4 heteroatoms. The first-order valence-corrected chi connectivity index (χ1v) is 9.20. The Kier molecular flexibility index (Phi) is 9.43. The maximum Gasteiger partial charge on any atom is 0.291 e. The van der Waals surface area contributed by atoms with E-state index in [-0.39, 0.29) is 11.2 Å². The van der Waals surface area contributed by atoms with E-state index in [9.17, 15) is 9.59 Å². The van der Waals surface area contributed by atoms with Crippen molar-refractivity contribution in [2.45, 2.75) is 85.0 Å². The van der Waals surface area contributed by atoms with Gasteiger partial charge in [-0.25, -0.2) is 0 Å². The van der Waals surface area contributed by atoms with Crippen molar-refractivity contribution in [3.63, 3.8) is 0 Å². The summed E-state index contributed by atoms with van der Waals surface area (Å²) in [5.41, 5.74) is 1.40. The van der Waals surface area contributed by atoms with Crippen LogP contribution in [0.25, 0.3) is 0 Å². The van der Waals surface area contributed by atoms with E-state index >= 15 is 0 Å². The highest BCUT2D eigenvalue weighted by atomic mass is 16.6. The molecule has 0 saturated carbocycles. The Hall–Kier alpha value is -1.58. The number of hydrogen-bond acceptors (Lipinski definition) is 4. The number of Topliss-reactive ketones (excluding diaryl/α,β-unsaturated/α-hetero) is 1. The van der Waals surface area contributed by atoms with Crippen LogP contribution in [0, 0.1) is 6.92 Å². The highest BCUT2D eigenvalue weighted by Gasteiger charge is 2.15. The lowest BCUT2D eigenvalue weighted by molar-refractivity contribution is -0.117. The zero-order chi connectivity index (χ0) is 17.9. The fourth-order valence-electron chi connectivity index (χ4n) is 2.95. The summed E-state index contributed by atoms with van der Waals surface area (Å²) in [6, 6.07) is 0. The molecule has 0 N–H and O–H groups in total. The predicted octanol–water partition coefficient (Wildman–Crippen LogP) is 4.77. The van der Waals surface area contributed by atoms with E-state index in [2.05, 4.69) is 0 Å². The molecule has 0 bridgehead atoms. The summed E-state index contributed by atoms with van der Waals surface area (Å²) in [5.74, 6) is 1.42. The molecule has 1 aromatic rings. The van der Waals surface area contributed by atoms with Crippen LogP contribution < -0.4 is 10.2 Å². The molecule has 0 spiro atoms. The van der Waals surface area contributed by atoms with Crippen LogP contribution in [0.1, 0.15) is 82.1 Å². The van der Waals surface area contributed by atoms with E-state index in [1.165, 1.54) is 19.3 Å². The number of methoxy groups -OCH3 is 1. The van der Waals surface area contributed by atoms with Gasteiger partial charge in [-0.3, -0.25) is 4.79 Å². The number of hydrogen-bond donors (Lipinski definition) is 0. The standard InChI is InChI=1S/C20H32O4/c1-5-17-19(22)16(3)18(24-20(17)23-4)14-12-10-8-6-7-9-11-13-15(2)21/h5-14H2,1-4H3. The average Bonchev–Trinajstić information content (AvgIpc) is 2.56. The van der Waals surface area contributed by atoms with Crippen molar-refractivity contribution >= 4 is 5.78 Å². The van der Waals surface area contributed by atoms with E-state index in [0.717, 1.165) is 43.4 Å². The Labute approximate surface area is 145 Å². The third-order valence-corrected chi connectivity index (χ3v) is 4.47. The van der Waals surface area contributed by atoms with Crippen molar-refractivity contribution < 1.29 is 13.9 Å². The van der Waals surface area contributed by atoms with Crippen LogP contribution in [0.4, 0.5) is 0 Å². The summed E-state index contributed by atoms with van der Waals surface area (Å²) >= 11 is 0. The normalized spacial score (nSPS) is 10.8. The number of ketones is 1. The molecule has 1 aromatic heterocycles. The van der Waals surface area contributed by atoms with Gasteiger partial charge < -0.3 is 13.9 Å². The second-order valence-corrected chi connectivity index (χ2v) is 6.48. The minimum absolute atomic E-state index is 0.0565. The Morgan fingerprint density at radius 1 is 1.04 bits per heavy atom. The third kappa shape index (κ3) is 6.50. The van der Waals surface area contributed by atoms with E-state index in [1.807, 2.05) is 13.8 Å². The minimum Gasteiger partial charge on any atom is -0.468 e. The number of rotatable bonds is 12. The zero-order valence-corrected chi connectivity index (χ0v) is 15.7. The Morgan fingerprint density at radius 3 is 2.17 bits per heavy atom. The van der Waals surface area contributed by atoms with Crippen LogP contribution in [-0.4, -0.2) is 12.9 Å². The van der Waals surface area contributed by atoms with Gasteiger partial charge in [0.2, 0.25) is 0 Å². The SMILES string of the molecule is CCc1c(OC)oc(CCCCCCCCCC(C)=O)c(C)c1=O. The first-order chi connectivity index (χ1) is 11.5. The van der Waals surface area contributed by atoms with Gasteiger partial charge in [0.25, 0.3) is 5.95 Å². The highest BCUT2D eigenvalue weighted by molar-refractivity contribution is 5.75. The van der Waals surface area contributed by atoms with Gasteiger partial charge in [0.15, 0.2) is 5.43 Å². The summed E-state index contributed by atoms with van der Waals surface area (Å²) in [7, 11) is 1.54. The van der Waals surface area contributed by atoms with E-state index < -0.39 is 0 Å². The molecule has 0 aromatic carbocycles. The average molecular weight is 336 g/mol. The summed E-state index contributed by atoms with van der Waals surface area (Å²) in [6.45, 7) is 5.43. The van der Waals surface area contributed by atoms with Crippen molar-refractivity contribution in [2.75, 3.05) is 7.11 Å². The molecule has 0 aliphatic rings. The van der Waals surface area contributed by atoms with Gasteiger partial charge in [0.1, 0.15) is 11.5 Å². The van der Waals surface area contributed by atoms with E-state index in [1.54, 1.807) is 14.0 Å². The van der Waals surface area contributed by atoms with Crippen LogP contribution in [0.2, 0.25) is 0 Å². The molecule has 1 heterocycles. The summed E-state index contributed by atoms with van der Waals surface area (Å²) in [6.07, 6.45) is 10.0. The molecule has 1 rings (SSSR count). The molecule has 0 fully saturated rings. The molecule has 0 aliphatic heterocycles. The number of ether oxygens (including phenoxy) is 1. The monoisotopic (exact) mass is 336 g/mol. The van der Waals surface area contributed by atoms with E-state index in [0.29, 0.717) is 24.4 Å². The zero-order valence-electron chi connectivity index (χ0n) is 15.7. The fourth-order valence-corrected chi connectivity index (χ4v) is 2.95. The first kappa shape index (κ1) is 20.5. The Balaban J connectivity index is 2.34. The summed E-state index contributed by atoms with van der Waals surface area (Å²) in [4.78, 5) is 23.2. The van der Waals surface area contributed by atoms with E-state index in [4.69, 9.17) is 9.15 Å². The quantitative estimate of drug-likeness (QED) is 0.516. The number of carbonyl (C=O) groups excluding carboxylic acids is 1. The molecular weight excluding hydrogens is 304 g/mol. The molecule has 0 amide bonds. The van der Waals surface area contributed by atoms with Crippen LogP contribution in [0.15, 0.2) is 9.21 Å². The summed E-state index contributed by atoms with van der Waals surface area (Å²) in [5, 5.41) is 0. The van der Waals surface area contributed by atoms with Crippen molar-refractivity contribution in [1.82, 2.24) is 0 Å². The molecule has 136 valence electrons. The van der Waals surface area contributed by atoms with Gasteiger partial charge in [-0.2, -0.15) is 0 Å². The second-order valence-electron chi connectivity index (χ2n) is 6.48. The van der Waals surface area contributed by atoms with Gasteiger partial charge in [-0.15, -0.1) is 0 Å². The molecule has 0 unspecified atom stereocenters. The van der Waals surface area contributed by atoms with Crippen LogP contribution in [0.5, 0.6) is 5.95 Å².